The van der Waals surface area contributed by atoms with E-state index in [0.717, 1.165) is 11.3 Å². The van der Waals surface area contributed by atoms with E-state index in [9.17, 15) is 9.59 Å². The SMILES string of the molecule is Cc1occc1CN(C)CC(=O)Nc1ccccc1C(=O)O. The summed E-state index contributed by atoms with van der Waals surface area (Å²) < 4.78 is 5.22. The summed E-state index contributed by atoms with van der Waals surface area (Å²) in [6.07, 6.45) is 1.61. The predicted molar refractivity (Wildman–Crippen MR) is 81.8 cm³/mol. The van der Waals surface area contributed by atoms with Crippen LogP contribution in [0.3, 0.4) is 0 Å². The highest BCUT2D eigenvalue weighted by atomic mass is 16.4. The second-order valence-corrected chi connectivity index (χ2v) is 5.07. The first kappa shape index (κ1) is 15.8. The van der Waals surface area contributed by atoms with Gasteiger partial charge in [-0.3, -0.25) is 9.69 Å². The van der Waals surface area contributed by atoms with E-state index < -0.39 is 5.97 Å². The lowest BCUT2D eigenvalue weighted by Gasteiger charge is -2.16. The summed E-state index contributed by atoms with van der Waals surface area (Å²) >= 11 is 0. The number of para-hydroxylation sites is 1. The van der Waals surface area contributed by atoms with Crippen LogP contribution in [0.25, 0.3) is 0 Å². The molecule has 0 spiro atoms. The minimum absolute atomic E-state index is 0.0733. The number of benzene rings is 1. The third-order valence-corrected chi connectivity index (χ3v) is 3.25. The summed E-state index contributed by atoms with van der Waals surface area (Å²) in [7, 11) is 1.81. The molecule has 1 heterocycles. The number of nitrogens with one attached hydrogen (secondary N) is 1. The first-order valence-corrected chi connectivity index (χ1v) is 6.81. The third kappa shape index (κ3) is 3.95. The molecule has 0 atom stereocenters. The van der Waals surface area contributed by atoms with E-state index in [1.807, 2.05) is 24.9 Å². The standard InChI is InChI=1S/C16H18N2O4/c1-11-12(7-8-22-11)9-18(2)10-15(19)17-14-6-4-3-5-13(14)16(20)21/h3-8H,9-10H2,1-2H3,(H,17,19)(H,20,21). The molecule has 0 radical (unpaired) electrons. The second kappa shape index (κ2) is 6.91. The molecule has 2 aromatic rings. The number of amides is 1. The molecule has 1 aromatic heterocycles. The van der Waals surface area contributed by atoms with Crippen molar-refractivity contribution in [2.24, 2.45) is 0 Å². The normalized spacial score (nSPS) is 10.7. The second-order valence-electron chi connectivity index (χ2n) is 5.07. The summed E-state index contributed by atoms with van der Waals surface area (Å²) in [6, 6.07) is 8.19. The van der Waals surface area contributed by atoms with Gasteiger partial charge >= 0.3 is 5.97 Å². The minimum Gasteiger partial charge on any atom is -0.478 e. The number of carboxylic acids is 1. The molecule has 1 aromatic carbocycles. The molecule has 0 aliphatic carbocycles. The number of carboxylic acid groups (broad SMARTS) is 1. The Morgan fingerprint density at radius 3 is 2.64 bits per heavy atom. The number of carbonyl (C=O) groups is 2. The zero-order valence-corrected chi connectivity index (χ0v) is 12.5. The Morgan fingerprint density at radius 1 is 1.27 bits per heavy atom. The maximum absolute atomic E-state index is 12.0. The molecule has 2 N–H and O–H groups in total. The van der Waals surface area contributed by atoms with Gasteiger partial charge in [-0.1, -0.05) is 12.1 Å². The fourth-order valence-electron chi connectivity index (χ4n) is 2.14. The lowest BCUT2D eigenvalue weighted by atomic mass is 10.2. The van der Waals surface area contributed by atoms with E-state index >= 15 is 0 Å². The van der Waals surface area contributed by atoms with Crippen LogP contribution in [-0.4, -0.2) is 35.5 Å². The Bertz CT molecular complexity index is 678. The molecule has 6 heteroatoms. The molecule has 1 amide bonds. The highest BCUT2D eigenvalue weighted by molar-refractivity contribution is 6.01. The first-order valence-electron chi connectivity index (χ1n) is 6.81. The fourth-order valence-corrected chi connectivity index (χ4v) is 2.14. The summed E-state index contributed by atoms with van der Waals surface area (Å²) in [6.45, 7) is 2.60. The molecule has 0 bridgehead atoms. The third-order valence-electron chi connectivity index (χ3n) is 3.25. The molecule has 0 saturated carbocycles. The number of nitrogens with zero attached hydrogens (tertiary/aromatic N) is 1. The highest BCUT2D eigenvalue weighted by Crippen LogP contribution is 2.15. The predicted octanol–water partition coefficient (Wildman–Crippen LogP) is 2.36. The zero-order chi connectivity index (χ0) is 16.1. The van der Waals surface area contributed by atoms with E-state index in [1.54, 1.807) is 24.5 Å². The van der Waals surface area contributed by atoms with Gasteiger partial charge in [0.2, 0.25) is 5.91 Å². The number of aryl methyl sites for hydroxylation is 1. The van der Waals surface area contributed by atoms with Crippen molar-refractivity contribution in [2.45, 2.75) is 13.5 Å². The van der Waals surface area contributed by atoms with Crippen molar-refractivity contribution < 1.29 is 19.1 Å². The Kier molecular flexibility index (Phi) is 4.95. The van der Waals surface area contributed by atoms with Crippen molar-refractivity contribution in [2.75, 3.05) is 18.9 Å². The van der Waals surface area contributed by atoms with Gasteiger partial charge in [0.25, 0.3) is 0 Å². The van der Waals surface area contributed by atoms with E-state index in [2.05, 4.69) is 5.32 Å². The lowest BCUT2D eigenvalue weighted by Crippen LogP contribution is -2.30. The van der Waals surface area contributed by atoms with Gasteiger partial charge in [-0.15, -0.1) is 0 Å². The Morgan fingerprint density at radius 2 is 2.00 bits per heavy atom. The van der Waals surface area contributed by atoms with Gasteiger partial charge in [-0.2, -0.15) is 0 Å². The molecule has 0 aliphatic heterocycles. The minimum atomic E-state index is -1.07. The summed E-state index contributed by atoms with van der Waals surface area (Å²) in [5.41, 5.74) is 1.39. The molecule has 0 aliphatic rings. The Balaban J connectivity index is 1.96. The zero-order valence-electron chi connectivity index (χ0n) is 12.5. The molecular formula is C16H18N2O4. The Hall–Kier alpha value is -2.60. The molecule has 0 fully saturated rings. The van der Waals surface area contributed by atoms with Crippen LogP contribution in [0, 0.1) is 6.92 Å². The van der Waals surface area contributed by atoms with Gasteiger partial charge in [0, 0.05) is 12.1 Å². The van der Waals surface area contributed by atoms with E-state index in [-0.39, 0.29) is 18.0 Å². The topological polar surface area (TPSA) is 82.8 Å². The van der Waals surface area contributed by atoms with E-state index in [1.165, 1.54) is 6.07 Å². The van der Waals surface area contributed by atoms with Crippen LogP contribution < -0.4 is 5.32 Å². The number of anilines is 1. The highest BCUT2D eigenvalue weighted by Gasteiger charge is 2.14. The molecule has 2 rings (SSSR count). The van der Waals surface area contributed by atoms with Gasteiger partial charge in [-0.05, 0) is 32.2 Å². The van der Waals surface area contributed by atoms with Gasteiger partial charge in [0.05, 0.1) is 24.1 Å². The fraction of sp³-hybridized carbons (Fsp3) is 0.250. The number of carbonyl (C=O) groups excluding carboxylic acids is 1. The van der Waals surface area contributed by atoms with Crippen LogP contribution in [0.4, 0.5) is 5.69 Å². The summed E-state index contributed by atoms with van der Waals surface area (Å²) in [4.78, 5) is 25.0. The van der Waals surface area contributed by atoms with Crippen molar-refractivity contribution in [3.05, 3.63) is 53.5 Å². The van der Waals surface area contributed by atoms with Crippen LogP contribution in [0.1, 0.15) is 21.7 Å². The lowest BCUT2D eigenvalue weighted by molar-refractivity contribution is -0.117. The van der Waals surface area contributed by atoms with Crippen molar-refractivity contribution in [3.63, 3.8) is 0 Å². The molecule has 0 saturated heterocycles. The monoisotopic (exact) mass is 302 g/mol. The average Bonchev–Trinajstić information content (AvgIpc) is 2.84. The van der Waals surface area contributed by atoms with Crippen molar-refractivity contribution in [1.29, 1.82) is 0 Å². The van der Waals surface area contributed by atoms with Crippen molar-refractivity contribution >= 4 is 17.6 Å². The van der Waals surface area contributed by atoms with Gasteiger partial charge in [0.15, 0.2) is 0 Å². The van der Waals surface area contributed by atoms with Crippen molar-refractivity contribution in [3.8, 4) is 0 Å². The van der Waals surface area contributed by atoms with Gasteiger partial charge < -0.3 is 14.8 Å². The first-order chi connectivity index (χ1) is 10.5. The van der Waals surface area contributed by atoms with Crippen LogP contribution in [0.15, 0.2) is 41.0 Å². The average molecular weight is 302 g/mol. The van der Waals surface area contributed by atoms with Crippen molar-refractivity contribution in [1.82, 2.24) is 4.90 Å². The van der Waals surface area contributed by atoms with Crippen LogP contribution in [-0.2, 0) is 11.3 Å². The Labute approximate surface area is 128 Å². The number of furan rings is 1. The van der Waals surface area contributed by atoms with Gasteiger partial charge in [-0.25, -0.2) is 4.79 Å². The van der Waals surface area contributed by atoms with Gasteiger partial charge in [0.1, 0.15) is 5.76 Å². The number of hydrogen-bond acceptors (Lipinski definition) is 4. The molecule has 22 heavy (non-hydrogen) atoms. The van der Waals surface area contributed by atoms with Crippen LogP contribution in [0.2, 0.25) is 0 Å². The van der Waals surface area contributed by atoms with Crippen LogP contribution in [0.5, 0.6) is 0 Å². The molecule has 6 nitrogen and oxygen atoms in total. The van der Waals surface area contributed by atoms with E-state index in [0.29, 0.717) is 12.2 Å². The summed E-state index contributed by atoms with van der Waals surface area (Å²) in [5.74, 6) is -0.515. The molecular weight excluding hydrogens is 284 g/mol. The molecule has 116 valence electrons. The number of rotatable bonds is 6. The maximum atomic E-state index is 12.0. The van der Waals surface area contributed by atoms with E-state index in [4.69, 9.17) is 9.52 Å². The molecule has 0 unspecified atom stereocenters. The van der Waals surface area contributed by atoms with Crippen LogP contribution >= 0.6 is 0 Å². The quantitative estimate of drug-likeness (QED) is 0.856. The summed E-state index contributed by atoms with van der Waals surface area (Å²) in [5, 5.41) is 11.7. The smallest absolute Gasteiger partial charge is 0.337 e. The number of hydrogen-bond donors (Lipinski definition) is 2. The number of likely N-dealkylation sites (N-methyl/N-ethyl adjacent to an activating group) is 1. The number of aromatic carboxylic acids is 1. The maximum Gasteiger partial charge on any atom is 0.337 e. The largest absolute Gasteiger partial charge is 0.478 e.